The highest BCUT2D eigenvalue weighted by molar-refractivity contribution is 5.82. The van der Waals surface area contributed by atoms with E-state index in [0.717, 1.165) is 32.1 Å². The van der Waals surface area contributed by atoms with E-state index >= 15 is 0 Å². The van der Waals surface area contributed by atoms with Gasteiger partial charge >= 0.3 is 17.9 Å². The average molecular weight is 401 g/mol. The molecule has 28 heavy (non-hydrogen) atoms. The topological polar surface area (TPSA) is 78.9 Å². The van der Waals surface area contributed by atoms with Gasteiger partial charge in [0.2, 0.25) is 0 Å². The van der Waals surface area contributed by atoms with Crippen molar-refractivity contribution in [3.05, 3.63) is 0 Å². The van der Waals surface area contributed by atoms with Crippen molar-refractivity contribution in [3.8, 4) is 0 Å². The predicted molar refractivity (Wildman–Crippen MR) is 109 cm³/mol. The Morgan fingerprint density at radius 1 is 0.643 bits per heavy atom. The second-order valence-corrected chi connectivity index (χ2v) is 7.31. The van der Waals surface area contributed by atoms with Crippen molar-refractivity contribution in [2.24, 2.45) is 0 Å². The van der Waals surface area contributed by atoms with E-state index < -0.39 is 30.1 Å². The number of ether oxygens (including phenoxy) is 3. The molecule has 0 N–H and O–H groups in total. The zero-order chi connectivity index (χ0) is 21.2. The fraction of sp³-hybridized carbons (Fsp3) is 0.864. The van der Waals surface area contributed by atoms with Gasteiger partial charge in [-0.3, -0.25) is 4.79 Å². The monoisotopic (exact) mass is 400 g/mol. The maximum atomic E-state index is 11.9. The lowest BCUT2D eigenvalue weighted by Gasteiger charge is -2.16. The molecule has 0 aliphatic carbocycles. The Morgan fingerprint density at radius 2 is 1.14 bits per heavy atom. The Labute approximate surface area is 170 Å². The highest BCUT2D eigenvalue weighted by Crippen LogP contribution is 2.11. The molecule has 0 bridgehead atoms. The molecule has 0 amide bonds. The molecule has 0 aromatic carbocycles. The first-order valence-corrected chi connectivity index (χ1v) is 11.0. The highest BCUT2D eigenvalue weighted by atomic mass is 16.6. The SMILES string of the molecule is CCCCCCCCCCCC(=O)OC(C)C(=O)OC(C)C(=O)OCCCC. The number of unbranched alkanes of at least 4 members (excludes halogenated alkanes) is 9. The zero-order valence-corrected chi connectivity index (χ0v) is 18.3. The Morgan fingerprint density at radius 3 is 1.71 bits per heavy atom. The molecule has 0 fully saturated rings. The normalized spacial score (nSPS) is 12.9. The van der Waals surface area contributed by atoms with Crippen LogP contribution in [-0.4, -0.2) is 36.7 Å². The number of rotatable bonds is 17. The standard InChI is InChI=1S/C22H40O6/c1-5-7-9-10-11-12-13-14-15-16-20(23)27-19(4)22(25)28-18(3)21(24)26-17-8-6-2/h18-19H,5-17H2,1-4H3. The maximum Gasteiger partial charge on any atom is 0.347 e. The van der Waals surface area contributed by atoms with Crippen LogP contribution < -0.4 is 0 Å². The Kier molecular flexibility index (Phi) is 16.5. The lowest BCUT2D eigenvalue weighted by Crippen LogP contribution is -2.33. The van der Waals surface area contributed by atoms with Crippen molar-refractivity contribution in [2.75, 3.05) is 6.61 Å². The van der Waals surface area contributed by atoms with Crippen LogP contribution in [0.3, 0.4) is 0 Å². The molecule has 164 valence electrons. The summed E-state index contributed by atoms with van der Waals surface area (Å²) in [7, 11) is 0. The van der Waals surface area contributed by atoms with Gasteiger partial charge in [-0.2, -0.15) is 0 Å². The van der Waals surface area contributed by atoms with Crippen LogP contribution in [0.5, 0.6) is 0 Å². The van der Waals surface area contributed by atoms with E-state index in [0.29, 0.717) is 13.0 Å². The molecule has 2 atom stereocenters. The van der Waals surface area contributed by atoms with Crippen molar-refractivity contribution in [1.82, 2.24) is 0 Å². The van der Waals surface area contributed by atoms with Crippen LogP contribution in [0.25, 0.3) is 0 Å². The molecule has 0 radical (unpaired) electrons. The van der Waals surface area contributed by atoms with Crippen LogP contribution in [0.1, 0.15) is 105 Å². The number of carbonyl (C=O) groups is 3. The van der Waals surface area contributed by atoms with Gasteiger partial charge < -0.3 is 14.2 Å². The first-order valence-electron chi connectivity index (χ1n) is 11.0. The van der Waals surface area contributed by atoms with Crippen LogP contribution in [0, 0.1) is 0 Å². The van der Waals surface area contributed by atoms with Gasteiger partial charge in [-0.05, 0) is 26.7 Å². The van der Waals surface area contributed by atoms with Gasteiger partial charge in [0.25, 0.3) is 0 Å². The van der Waals surface area contributed by atoms with Gasteiger partial charge in [0, 0.05) is 6.42 Å². The summed E-state index contributed by atoms with van der Waals surface area (Å²) in [6, 6.07) is 0. The molecule has 0 spiro atoms. The fourth-order valence-electron chi connectivity index (χ4n) is 2.64. The molecule has 0 aromatic rings. The van der Waals surface area contributed by atoms with Gasteiger partial charge in [-0.15, -0.1) is 0 Å². The summed E-state index contributed by atoms with van der Waals surface area (Å²) >= 11 is 0. The zero-order valence-electron chi connectivity index (χ0n) is 18.3. The van der Waals surface area contributed by atoms with Crippen LogP contribution in [0.4, 0.5) is 0 Å². The van der Waals surface area contributed by atoms with Crippen molar-refractivity contribution < 1.29 is 28.6 Å². The van der Waals surface area contributed by atoms with Crippen LogP contribution in [0.15, 0.2) is 0 Å². The molecule has 0 aliphatic rings. The van der Waals surface area contributed by atoms with Crippen molar-refractivity contribution in [1.29, 1.82) is 0 Å². The third-order valence-corrected chi connectivity index (χ3v) is 4.49. The summed E-state index contributed by atoms with van der Waals surface area (Å²) in [4.78, 5) is 35.5. The summed E-state index contributed by atoms with van der Waals surface area (Å²) in [5.74, 6) is -1.74. The lowest BCUT2D eigenvalue weighted by molar-refractivity contribution is -0.176. The summed E-state index contributed by atoms with van der Waals surface area (Å²) in [5, 5.41) is 0. The van der Waals surface area contributed by atoms with E-state index in [1.54, 1.807) is 0 Å². The summed E-state index contributed by atoms with van der Waals surface area (Å²) in [6.07, 6.45) is 10.4. The predicted octanol–water partition coefficient (Wildman–Crippen LogP) is 5.11. The van der Waals surface area contributed by atoms with Crippen LogP contribution in [0.2, 0.25) is 0 Å². The van der Waals surface area contributed by atoms with Gasteiger partial charge in [0.1, 0.15) is 0 Å². The van der Waals surface area contributed by atoms with Gasteiger partial charge in [0.05, 0.1) is 6.61 Å². The minimum atomic E-state index is -1.03. The number of hydrogen-bond acceptors (Lipinski definition) is 6. The summed E-state index contributed by atoms with van der Waals surface area (Å²) in [6.45, 7) is 7.40. The lowest BCUT2D eigenvalue weighted by atomic mass is 10.1. The van der Waals surface area contributed by atoms with Crippen molar-refractivity contribution in [2.45, 2.75) is 117 Å². The van der Waals surface area contributed by atoms with Gasteiger partial charge in [-0.25, -0.2) is 9.59 Å². The van der Waals surface area contributed by atoms with E-state index in [1.807, 2.05) is 6.92 Å². The second-order valence-electron chi connectivity index (χ2n) is 7.31. The maximum absolute atomic E-state index is 11.9. The largest absolute Gasteiger partial charge is 0.463 e. The molecular formula is C22H40O6. The fourth-order valence-corrected chi connectivity index (χ4v) is 2.64. The van der Waals surface area contributed by atoms with E-state index in [-0.39, 0.29) is 0 Å². The molecule has 0 heterocycles. The molecule has 0 rings (SSSR count). The molecule has 0 aliphatic heterocycles. The van der Waals surface area contributed by atoms with Crippen molar-refractivity contribution in [3.63, 3.8) is 0 Å². The quantitative estimate of drug-likeness (QED) is 0.192. The number of carbonyl (C=O) groups excluding carboxylic acids is 3. The summed E-state index contributed by atoms with van der Waals surface area (Å²) in [5.41, 5.74) is 0. The Hall–Kier alpha value is -1.59. The Bertz CT molecular complexity index is 435. The van der Waals surface area contributed by atoms with Crippen LogP contribution >= 0.6 is 0 Å². The molecule has 2 unspecified atom stereocenters. The minimum absolute atomic E-state index is 0.294. The molecule has 0 saturated heterocycles. The van der Waals surface area contributed by atoms with Gasteiger partial charge in [0.15, 0.2) is 12.2 Å². The molecular weight excluding hydrogens is 360 g/mol. The number of esters is 3. The average Bonchev–Trinajstić information content (AvgIpc) is 2.66. The van der Waals surface area contributed by atoms with Gasteiger partial charge in [-0.1, -0.05) is 71.6 Å². The second kappa shape index (κ2) is 17.5. The first kappa shape index (κ1) is 26.4. The molecule has 6 nitrogen and oxygen atoms in total. The van der Waals surface area contributed by atoms with E-state index in [2.05, 4.69) is 6.92 Å². The van der Waals surface area contributed by atoms with E-state index in [9.17, 15) is 14.4 Å². The minimum Gasteiger partial charge on any atom is -0.463 e. The smallest absolute Gasteiger partial charge is 0.347 e. The first-order chi connectivity index (χ1) is 13.4. The van der Waals surface area contributed by atoms with E-state index in [1.165, 1.54) is 52.4 Å². The molecule has 0 saturated carbocycles. The Balaban J connectivity index is 3.83. The third kappa shape index (κ3) is 14.5. The molecule has 0 aromatic heterocycles. The van der Waals surface area contributed by atoms with Crippen molar-refractivity contribution >= 4 is 17.9 Å². The highest BCUT2D eigenvalue weighted by Gasteiger charge is 2.25. The number of hydrogen-bond donors (Lipinski definition) is 0. The summed E-state index contributed by atoms with van der Waals surface area (Å²) < 4.78 is 15.1. The molecule has 6 heteroatoms. The van der Waals surface area contributed by atoms with E-state index in [4.69, 9.17) is 14.2 Å². The third-order valence-electron chi connectivity index (χ3n) is 4.49. The van der Waals surface area contributed by atoms with Crippen LogP contribution in [-0.2, 0) is 28.6 Å².